The molecule has 0 saturated heterocycles. The number of hydrogen-bond donors (Lipinski definition) is 0. The maximum absolute atomic E-state index is 5.84. The van der Waals surface area contributed by atoms with Crippen molar-refractivity contribution < 1.29 is 9.47 Å². The smallest absolute Gasteiger partial charge is 0.147 e. The van der Waals surface area contributed by atoms with Crippen LogP contribution >= 0.6 is 0 Å². The molecule has 0 aliphatic rings. The monoisotopic (exact) mass is 222 g/mol. The highest BCUT2D eigenvalue weighted by Gasteiger charge is 2.26. The Labute approximate surface area is 98.6 Å². The number of unbranched alkanes of at least 4 members (excludes halogenated alkanes) is 1. The van der Waals surface area contributed by atoms with Gasteiger partial charge < -0.3 is 9.47 Å². The molecule has 90 valence electrons. The summed E-state index contributed by atoms with van der Waals surface area (Å²) >= 11 is 0. The van der Waals surface area contributed by atoms with Crippen LogP contribution in [0.1, 0.15) is 38.7 Å². The summed E-state index contributed by atoms with van der Waals surface area (Å²) < 4.78 is 10.9. The lowest BCUT2D eigenvalue weighted by atomic mass is 9.90. The third kappa shape index (κ3) is 3.62. The van der Waals surface area contributed by atoms with E-state index in [0.717, 1.165) is 12.8 Å². The Kier molecular flexibility index (Phi) is 5.50. The van der Waals surface area contributed by atoms with Gasteiger partial charge in [-0.05, 0) is 18.9 Å². The van der Waals surface area contributed by atoms with Gasteiger partial charge in [0.05, 0.1) is 5.60 Å². The Bertz CT molecular complexity index is 274. The third-order valence-electron chi connectivity index (χ3n) is 2.89. The van der Waals surface area contributed by atoms with Crippen LogP contribution in [0.25, 0.3) is 0 Å². The van der Waals surface area contributed by atoms with E-state index in [1.807, 2.05) is 6.07 Å². The molecule has 1 aromatic rings. The van der Waals surface area contributed by atoms with Crippen molar-refractivity contribution in [3.8, 4) is 0 Å². The van der Waals surface area contributed by atoms with E-state index < -0.39 is 0 Å². The van der Waals surface area contributed by atoms with Crippen molar-refractivity contribution in [1.82, 2.24) is 0 Å². The molecule has 2 heteroatoms. The number of hydrogen-bond acceptors (Lipinski definition) is 2. The zero-order valence-corrected chi connectivity index (χ0v) is 10.5. The molecular weight excluding hydrogens is 200 g/mol. The first-order valence-electron chi connectivity index (χ1n) is 5.91. The van der Waals surface area contributed by atoms with Gasteiger partial charge in [0.1, 0.15) is 6.79 Å². The highest BCUT2D eigenvalue weighted by Crippen LogP contribution is 2.30. The fourth-order valence-electron chi connectivity index (χ4n) is 1.79. The molecule has 1 aromatic carbocycles. The van der Waals surface area contributed by atoms with Gasteiger partial charge >= 0.3 is 0 Å². The average molecular weight is 222 g/mol. The summed E-state index contributed by atoms with van der Waals surface area (Å²) in [6.07, 6.45) is 3.37. The molecular formula is C14H22O2. The molecule has 0 N–H and O–H groups in total. The molecule has 0 aliphatic heterocycles. The Morgan fingerprint density at radius 2 is 1.88 bits per heavy atom. The predicted octanol–water partition coefficient (Wildman–Crippen LogP) is 3.71. The van der Waals surface area contributed by atoms with Gasteiger partial charge in [-0.2, -0.15) is 0 Å². The molecule has 0 saturated carbocycles. The van der Waals surface area contributed by atoms with Crippen LogP contribution < -0.4 is 0 Å². The summed E-state index contributed by atoms with van der Waals surface area (Å²) in [5, 5.41) is 0. The van der Waals surface area contributed by atoms with Gasteiger partial charge in [0.25, 0.3) is 0 Å². The second-order valence-electron chi connectivity index (χ2n) is 4.25. The minimum absolute atomic E-state index is 0.229. The SMILES string of the molecule is CCCCC(C)(OCOC)c1ccccc1. The van der Waals surface area contributed by atoms with E-state index in [1.165, 1.54) is 12.0 Å². The van der Waals surface area contributed by atoms with Crippen LogP contribution in [0.3, 0.4) is 0 Å². The van der Waals surface area contributed by atoms with E-state index in [9.17, 15) is 0 Å². The minimum Gasteiger partial charge on any atom is -0.359 e. The van der Waals surface area contributed by atoms with Crippen LogP contribution in [0.2, 0.25) is 0 Å². The van der Waals surface area contributed by atoms with Gasteiger partial charge in [-0.3, -0.25) is 0 Å². The summed E-state index contributed by atoms with van der Waals surface area (Å²) in [5.74, 6) is 0. The van der Waals surface area contributed by atoms with Crippen molar-refractivity contribution in [2.24, 2.45) is 0 Å². The summed E-state index contributed by atoms with van der Waals surface area (Å²) in [4.78, 5) is 0. The van der Waals surface area contributed by atoms with Gasteiger partial charge in [-0.15, -0.1) is 0 Å². The maximum atomic E-state index is 5.84. The Balaban J connectivity index is 2.77. The molecule has 0 fully saturated rings. The first-order chi connectivity index (χ1) is 7.73. The molecule has 0 amide bonds. The number of methoxy groups -OCH3 is 1. The molecule has 0 heterocycles. The molecule has 0 bridgehead atoms. The zero-order valence-electron chi connectivity index (χ0n) is 10.5. The lowest BCUT2D eigenvalue weighted by Crippen LogP contribution is -2.27. The molecule has 0 spiro atoms. The summed E-state index contributed by atoms with van der Waals surface area (Å²) in [6, 6.07) is 10.4. The van der Waals surface area contributed by atoms with E-state index >= 15 is 0 Å². The van der Waals surface area contributed by atoms with Gasteiger partial charge in [0.2, 0.25) is 0 Å². The standard InChI is InChI=1S/C14H22O2/c1-4-5-11-14(2,16-12-15-3)13-9-7-6-8-10-13/h6-10H,4-5,11-12H2,1-3H3. The van der Waals surface area contributed by atoms with Crippen LogP contribution in [-0.2, 0) is 15.1 Å². The fourth-order valence-corrected chi connectivity index (χ4v) is 1.79. The quantitative estimate of drug-likeness (QED) is 0.655. The molecule has 1 unspecified atom stereocenters. The van der Waals surface area contributed by atoms with E-state index in [2.05, 4.69) is 38.1 Å². The molecule has 1 atom stereocenters. The Hall–Kier alpha value is -0.860. The van der Waals surface area contributed by atoms with Crippen LogP contribution in [0, 0.1) is 0 Å². The van der Waals surface area contributed by atoms with Crippen LogP contribution in [0.15, 0.2) is 30.3 Å². The lowest BCUT2D eigenvalue weighted by molar-refractivity contribution is -0.131. The van der Waals surface area contributed by atoms with Gasteiger partial charge in [0, 0.05) is 7.11 Å². The van der Waals surface area contributed by atoms with Crippen molar-refractivity contribution in [2.45, 2.75) is 38.7 Å². The molecule has 0 aliphatic carbocycles. The number of ether oxygens (including phenoxy) is 2. The normalized spacial score (nSPS) is 14.7. The summed E-state index contributed by atoms with van der Waals surface area (Å²) in [7, 11) is 1.66. The van der Waals surface area contributed by atoms with Crippen LogP contribution in [0.5, 0.6) is 0 Å². The number of rotatable bonds is 7. The highest BCUT2D eigenvalue weighted by atomic mass is 16.7. The fraction of sp³-hybridized carbons (Fsp3) is 0.571. The molecule has 16 heavy (non-hydrogen) atoms. The van der Waals surface area contributed by atoms with E-state index in [0.29, 0.717) is 6.79 Å². The first-order valence-corrected chi connectivity index (χ1v) is 5.91. The van der Waals surface area contributed by atoms with E-state index in [-0.39, 0.29) is 5.60 Å². The predicted molar refractivity (Wildman–Crippen MR) is 66.3 cm³/mol. The molecule has 0 aromatic heterocycles. The highest BCUT2D eigenvalue weighted by molar-refractivity contribution is 5.21. The average Bonchev–Trinajstić information content (AvgIpc) is 2.35. The second kappa shape index (κ2) is 6.66. The molecule has 2 nitrogen and oxygen atoms in total. The van der Waals surface area contributed by atoms with E-state index in [4.69, 9.17) is 9.47 Å². The second-order valence-corrected chi connectivity index (χ2v) is 4.25. The summed E-state index contributed by atoms with van der Waals surface area (Å²) in [5.41, 5.74) is 0.994. The Morgan fingerprint density at radius 1 is 1.19 bits per heavy atom. The van der Waals surface area contributed by atoms with Gasteiger partial charge in [0.15, 0.2) is 0 Å². The Morgan fingerprint density at radius 3 is 2.44 bits per heavy atom. The van der Waals surface area contributed by atoms with Crippen molar-refractivity contribution >= 4 is 0 Å². The first kappa shape index (κ1) is 13.2. The molecule has 1 rings (SSSR count). The van der Waals surface area contributed by atoms with Crippen molar-refractivity contribution in [2.75, 3.05) is 13.9 Å². The minimum atomic E-state index is -0.229. The van der Waals surface area contributed by atoms with E-state index in [1.54, 1.807) is 7.11 Å². The van der Waals surface area contributed by atoms with Crippen molar-refractivity contribution in [1.29, 1.82) is 0 Å². The van der Waals surface area contributed by atoms with Gasteiger partial charge in [-0.25, -0.2) is 0 Å². The van der Waals surface area contributed by atoms with Crippen molar-refractivity contribution in [3.63, 3.8) is 0 Å². The number of benzene rings is 1. The summed E-state index contributed by atoms with van der Waals surface area (Å²) in [6.45, 7) is 4.67. The van der Waals surface area contributed by atoms with Crippen LogP contribution in [-0.4, -0.2) is 13.9 Å². The maximum Gasteiger partial charge on any atom is 0.147 e. The lowest BCUT2D eigenvalue weighted by Gasteiger charge is -2.30. The topological polar surface area (TPSA) is 18.5 Å². The van der Waals surface area contributed by atoms with Crippen LogP contribution in [0.4, 0.5) is 0 Å². The molecule has 0 radical (unpaired) electrons. The van der Waals surface area contributed by atoms with Crippen molar-refractivity contribution in [3.05, 3.63) is 35.9 Å². The zero-order chi connectivity index (χ0) is 11.9. The van der Waals surface area contributed by atoms with Gasteiger partial charge in [-0.1, -0.05) is 50.1 Å². The largest absolute Gasteiger partial charge is 0.359 e. The third-order valence-corrected chi connectivity index (χ3v) is 2.89.